The topological polar surface area (TPSA) is 65.4 Å². The van der Waals surface area contributed by atoms with E-state index < -0.39 is 0 Å². The molecule has 0 fully saturated rings. The number of anilines is 6. The van der Waals surface area contributed by atoms with Crippen LogP contribution in [0.25, 0.3) is 22.3 Å². The Morgan fingerprint density at radius 2 is 0.817 bits per heavy atom. The molecule has 2 aliphatic carbocycles. The molecule has 10 rings (SSSR count). The largest absolute Gasteiger partial charge is 0.569 e. The predicted molar refractivity (Wildman–Crippen MR) is 245 cm³/mol. The van der Waals surface area contributed by atoms with Gasteiger partial charge in [0.25, 0.3) is 0 Å². The third kappa shape index (κ3) is 7.43. The average molecular weight is 781 g/mol. The van der Waals surface area contributed by atoms with Crippen LogP contribution in [-0.4, -0.2) is 25.4 Å². The van der Waals surface area contributed by atoms with Gasteiger partial charge in [0.05, 0.1) is 0 Å². The first kappa shape index (κ1) is 38.5. The van der Waals surface area contributed by atoms with Crippen LogP contribution in [-0.2, 0) is 11.8 Å². The van der Waals surface area contributed by atoms with E-state index in [0.717, 1.165) is 48.2 Å². The molecular formula is C52H42B2N2O4. The lowest BCUT2D eigenvalue weighted by molar-refractivity contribution is 0.453. The molecule has 0 bridgehead atoms. The third-order valence-corrected chi connectivity index (χ3v) is 11.4. The van der Waals surface area contributed by atoms with Crippen molar-refractivity contribution >= 4 is 49.5 Å². The Kier molecular flexibility index (Phi) is 10.7. The molecule has 2 radical (unpaired) electrons. The monoisotopic (exact) mass is 780 g/mol. The Morgan fingerprint density at radius 1 is 0.400 bits per heavy atom. The van der Waals surface area contributed by atoms with Crippen LogP contribution in [0.3, 0.4) is 0 Å². The van der Waals surface area contributed by atoms with E-state index in [-0.39, 0.29) is 5.41 Å². The minimum Gasteiger partial charge on any atom is -0.537 e. The van der Waals surface area contributed by atoms with Crippen molar-refractivity contribution in [3.8, 4) is 33.8 Å². The van der Waals surface area contributed by atoms with Crippen LogP contribution in [0, 0.1) is 0 Å². The van der Waals surface area contributed by atoms with E-state index in [0.29, 0.717) is 19.2 Å². The fourth-order valence-corrected chi connectivity index (χ4v) is 8.64. The summed E-state index contributed by atoms with van der Waals surface area (Å²) in [6.45, 7) is 4.59. The molecule has 0 amide bonds. The Labute approximate surface area is 353 Å². The van der Waals surface area contributed by atoms with E-state index in [9.17, 15) is 0 Å². The third-order valence-electron chi connectivity index (χ3n) is 11.4. The highest BCUT2D eigenvalue weighted by Crippen LogP contribution is 2.50. The van der Waals surface area contributed by atoms with E-state index >= 15 is 0 Å². The molecule has 290 valence electrons. The summed E-state index contributed by atoms with van der Waals surface area (Å²) in [5, 5.41) is 17.8. The van der Waals surface area contributed by atoms with E-state index in [4.69, 9.17) is 19.4 Å². The number of nitrogens with zero attached hydrogens (tertiary/aromatic N) is 2. The second-order valence-electron chi connectivity index (χ2n) is 15.4. The highest BCUT2D eigenvalue weighted by atomic mass is 16.5. The number of fused-ring (bicyclic) bond motifs is 6. The number of para-hydroxylation sites is 3. The van der Waals surface area contributed by atoms with Gasteiger partial charge >= 0.3 is 15.4 Å². The van der Waals surface area contributed by atoms with Crippen LogP contribution < -0.4 is 19.1 Å². The number of hydrogen-bond acceptors (Lipinski definition) is 6. The zero-order chi connectivity index (χ0) is 41.1. The van der Waals surface area contributed by atoms with Crippen molar-refractivity contribution in [1.29, 1.82) is 0 Å². The fourth-order valence-electron chi connectivity index (χ4n) is 8.64. The maximum absolute atomic E-state index is 8.91. The van der Waals surface area contributed by atoms with Crippen molar-refractivity contribution in [3.05, 3.63) is 216 Å². The first-order chi connectivity index (χ1) is 29.4. The maximum atomic E-state index is 8.91. The molecule has 6 nitrogen and oxygen atoms in total. The van der Waals surface area contributed by atoms with Gasteiger partial charge in [0.2, 0.25) is 0 Å². The lowest BCUT2D eigenvalue weighted by Gasteiger charge is -2.28. The molecule has 0 heterocycles. The summed E-state index contributed by atoms with van der Waals surface area (Å²) in [7, 11) is 1.42. The van der Waals surface area contributed by atoms with Crippen LogP contribution in [0.4, 0.5) is 34.1 Å². The first-order valence-electron chi connectivity index (χ1n) is 20.0. The number of rotatable bonds is 10. The van der Waals surface area contributed by atoms with Crippen LogP contribution >= 0.6 is 0 Å². The molecule has 0 saturated heterocycles. The lowest BCUT2D eigenvalue weighted by atomic mass is 9.82. The average Bonchev–Trinajstić information content (AvgIpc) is 3.76. The lowest BCUT2D eigenvalue weighted by Crippen LogP contribution is -2.16. The minimum atomic E-state index is -0.0566. The van der Waals surface area contributed by atoms with Crippen LogP contribution in [0.15, 0.2) is 194 Å². The van der Waals surface area contributed by atoms with Crippen LogP contribution in [0.2, 0.25) is 0 Å². The maximum Gasteiger partial charge on any atom is 0.569 e. The smallest absolute Gasteiger partial charge is 0.537 e. The summed E-state index contributed by atoms with van der Waals surface area (Å²) in [6, 6.07) is 66.9. The van der Waals surface area contributed by atoms with E-state index in [2.05, 4.69) is 151 Å². The highest BCUT2D eigenvalue weighted by Gasteiger charge is 2.35. The molecule has 8 aromatic carbocycles. The first-order valence-corrected chi connectivity index (χ1v) is 20.0. The molecular weight excluding hydrogens is 738 g/mol. The van der Waals surface area contributed by atoms with Gasteiger partial charge in [-0.05, 0) is 148 Å². The number of hydrogen-bond donors (Lipinski definition) is 2. The quantitative estimate of drug-likeness (QED) is 0.135. The Morgan fingerprint density at radius 3 is 1.40 bits per heavy atom. The summed E-state index contributed by atoms with van der Waals surface area (Å²) in [4.78, 5) is 4.52. The molecule has 0 unspecified atom stereocenters. The Balaban J connectivity index is 0.000000154. The highest BCUT2D eigenvalue weighted by molar-refractivity contribution is 6.17. The molecule has 0 aromatic heterocycles. The van der Waals surface area contributed by atoms with E-state index in [1.807, 2.05) is 66.7 Å². The van der Waals surface area contributed by atoms with Gasteiger partial charge in [-0.2, -0.15) is 0 Å². The normalized spacial score (nSPS) is 12.4. The SMILES string of the molecule is CC1(C)c2ccccc2-c2ccc(N(c3ccccc3)c3ccc(O[B]O)cc3)cc21.O[B]Oc1ccc2c(c1)Cc1cc(N(c3ccccc3)c3ccccc3)ccc1-2. The molecule has 60 heavy (non-hydrogen) atoms. The van der Waals surface area contributed by atoms with Gasteiger partial charge in [-0.25, -0.2) is 0 Å². The Hall–Kier alpha value is -6.99. The van der Waals surface area contributed by atoms with Gasteiger partial charge in [0.1, 0.15) is 11.5 Å². The standard InChI is InChI=1S/C27H23BNO2.C25H19BNO2/c1-27(2)25-11-7-6-10-23(25)24-17-14-21(18-26(24)27)29(19-8-4-3-5-9-19)20-12-15-22(16-13-20)31-28-30;28-26-29-23-12-14-25-19(17-23)15-18-16-22(11-13-24(18)25)27(20-7-3-1-4-8-20)21-9-5-2-6-10-21/h3-18,30H,1-2H3;1-14,16-17,28H,15H2. The van der Waals surface area contributed by atoms with Crippen molar-refractivity contribution < 1.29 is 19.4 Å². The second kappa shape index (κ2) is 16.7. The van der Waals surface area contributed by atoms with Crippen molar-refractivity contribution in [3.63, 3.8) is 0 Å². The summed E-state index contributed by atoms with van der Waals surface area (Å²) in [6.07, 6.45) is 0.846. The Bertz CT molecular complexity index is 2710. The van der Waals surface area contributed by atoms with E-state index in [1.54, 1.807) is 0 Å². The fraction of sp³-hybridized carbons (Fsp3) is 0.0769. The minimum absolute atomic E-state index is 0.0566. The molecule has 2 aliphatic rings. The van der Waals surface area contributed by atoms with Crippen LogP contribution in [0.1, 0.15) is 36.1 Å². The van der Waals surface area contributed by atoms with Crippen molar-refractivity contribution in [2.75, 3.05) is 9.80 Å². The number of benzene rings is 8. The van der Waals surface area contributed by atoms with E-state index in [1.165, 1.54) is 44.5 Å². The molecule has 0 spiro atoms. The summed E-state index contributed by atoms with van der Waals surface area (Å²) in [5.74, 6) is 1.24. The molecule has 0 saturated carbocycles. The second-order valence-corrected chi connectivity index (χ2v) is 15.4. The zero-order valence-electron chi connectivity index (χ0n) is 33.4. The van der Waals surface area contributed by atoms with Crippen molar-refractivity contribution in [2.24, 2.45) is 0 Å². The van der Waals surface area contributed by atoms with Crippen molar-refractivity contribution in [2.45, 2.75) is 25.7 Å². The van der Waals surface area contributed by atoms with Gasteiger partial charge in [-0.1, -0.05) is 111 Å². The molecule has 0 atom stereocenters. The molecule has 8 heteroatoms. The summed E-state index contributed by atoms with van der Waals surface area (Å²) in [5.41, 5.74) is 16.9. The van der Waals surface area contributed by atoms with Gasteiger partial charge < -0.3 is 29.2 Å². The van der Waals surface area contributed by atoms with Crippen LogP contribution in [0.5, 0.6) is 11.5 Å². The molecule has 8 aromatic rings. The van der Waals surface area contributed by atoms with Gasteiger partial charge in [-0.15, -0.1) is 0 Å². The predicted octanol–water partition coefficient (Wildman–Crippen LogP) is 12.0. The van der Waals surface area contributed by atoms with Crippen molar-refractivity contribution in [1.82, 2.24) is 0 Å². The van der Waals surface area contributed by atoms with Gasteiger partial charge in [0.15, 0.2) is 0 Å². The van der Waals surface area contributed by atoms with Gasteiger partial charge in [0, 0.05) is 39.5 Å². The molecule has 0 aliphatic heterocycles. The summed E-state index contributed by atoms with van der Waals surface area (Å²) >= 11 is 0. The summed E-state index contributed by atoms with van der Waals surface area (Å²) < 4.78 is 10.2. The van der Waals surface area contributed by atoms with Gasteiger partial charge in [-0.3, -0.25) is 0 Å². The zero-order valence-corrected chi connectivity index (χ0v) is 33.4. The molecule has 2 N–H and O–H groups in total.